The van der Waals surface area contributed by atoms with Gasteiger partial charge in [0.15, 0.2) is 0 Å². The van der Waals surface area contributed by atoms with Crippen molar-refractivity contribution in [1.29, 1.82) is 0 Å². The maximum Gasteiger partial charge on any atom is 0.414 e. The van der Waals surface area contributed by atoms with Crippen LogP contribution in [0.3, 0.4) is 0 Å². The highest BCUT2D eigenvalue weighted by Crippen LogP contribution is 2.20. The number of hydrogen-bond acceptors (Lipinski definition) is 4. The molecule has 1 saturated heterocycles. The van der Waals surface area contributed by atoms with E-state index in [2.05, 4.69) is 6.58 Å². The van der Waals surface area contributed by atoms with Gasteiger partial charge in [-0.3, -0.25) is 4.90 Å². The molecule has 0 saturated carbocycles. The van der Waals surface area contributed by atoms with Crippen LogP contribution in [-0.2, 0) is 14.2 Å². The summed E-state index contributed by atoms with van der Waals surface area (Å²) in [5.74, 6) is 0. The van der Waals surface area contributed by atoms with E-state index in [9.17, 15) is 4.79 Å². The molecule has 5 nitrogen and oxygen atoms in total. The smallest absolute Gasteiger partial charge is 0.414 e. The number of rotatable bonds is 2. The largest absolute Gasteiger partial charge is 0.444 e. The summed E-state index contributed by atoms with van der Waals surface area (Å²) in [6.07, 6.45) is 0.287. The molecule has 92 valence electrons. The van der Waals surface area contributed by atoms with Crippen molar-refractivity contribution in [3.05, 3.63) is 12.7 Å². The Morgan fingerprint density at radius 2 is 2.19 bits per heavy atom. The van der Waals surface area contributed by atoms with Gasteiger partial charge in [0.25, 0.3) is 0 Å². The topological polar surface area (TPSA) is 48.0 Å². The van der Waals surface area contributed by atoms with Gasteiger partial charge in [0.1, 0.15) is 5.60 Å². The average Bonchev–Trinajstić information content (AvgIpc) is 2.58. The molecule has 0 aromatic carbocycles. The molecule has 0 spiro atoms. The molecule has 0 radical (unpaired) electrons. The van der Waals surface area contributed by atoms with Crippen molar-refractivity contribution in [1.82, 2.24) is 4.90 Å². The van der Waals surface area contributed by atoms with Gasteiger partial charge >= 0.3 is 6.09 Å². The lowest BCUT2D eigenvalue weighted by Gasteiger charge is -2.26. The molecule has 5 heteroatoms. The average molecular weight is 229 g/mol. The highest BCUT2D eigenvalue weighted by Gasteiger charge is 2.37. The molecular formula is C11H19NO4. The van der Waals surface area contributed by atoms with E-state index < -0.39 is 18.1 Å². The van der Waals surface area contributed by atoms with Crippen LogP contribution in [0, 0.1) is 0 Å². The Balaban J connectivity index is 2.64. The van der Waals surface area contributed by atoms with Crippen LogP contribution in [0.25, 0.3) is 0 Å². The fourth-order valence-corrected chi connectivity index (χ4v) is 1.34. The van der Waals surface area contributed by atoms with Gasteiger partial charge in [0.05, 0.1) is 12.6 Å². The van der Waals surface area contributed by atoms with Gasteiger partial charge in [-0.25, -0.2) is 4.79 Å². The Labute approximate surface area is 96.0 Å². The van der Waals surface area contributed by atoms with Gasteiger partial charge in [-0.05, 0) is 20.8 Å². The molecule has 0 aromatic rings. The van der Waals surface area contributed by atoms with Crippen molar-refractivity contribution in [3.8, 4) is 0 Å². The standard InChI is InChI=1S/C11H19NO4/c1-6-8-7-12(10(14-5)15-8)9(13)16-11(2,3)4/h6,8,10H,1,7H2,2-5H3. The van der Waals surface area contributed by atoms with Gasteiger partial charge < -0.3 is 14.2 Å². The highest BCUT2D eigenvalue weighted by molar-refractivity contribution is 5.68. The normalized spacial score (nSPS) is 25.6. The van der Waals surface area contributed by atoms with Crippen LogP contribution in [0.2, 0.25) is 0 Å². The predicted octanol–water partition coefficient (Wildman–Crippen LogP) is 1.74. The van der Waals surface area contributed by atoms with Crippen LogP contribution in [-0.4, -0.2) is 42.8 Å². The maximum atomic E-state index is 11.8. The number of carbonyl (C=O) groups excluding carboxylic acids is 1. The van der Waals surface area contributed by atoms with Crippen LogP contribution < -0.4 is 0 Å². The Hall–Kier alpha value is -1.07. The lowest BCUT2D eigenvalue weighted by Crippen LogP contribution is -2.41. The van der Waals surface area contributed by atoms with Crippen LogP contribution in [0.4, 0.5) is 4.79 Å². The number of carbonyl (C=O) groups is 1. The summed E-state index contributed by atoms with van der Waals surface area (Å²) < 4.78 is 15.7. The minimum absolute atomic E-state index is 0.211. The Morgan fingerprint density at radius 1 is 1.56 bits per heavy atom. The van der Waals surface area contributed by atoms with Gasteiger partial charge in [-0.2, -0.15) is 0 Å². The van der Waals surface area contributed by atoms with Crippen LogP contribution in [0.5, 0.6) is 0 Å². The zero-order valence-corrected chi connectivity index (χ0v) is 10.2. The molecule has 1 heterocycles. The molecule has 2 unspecified atom stereocenters. The number of nitrogens with zero attached hydrogens (tertiary/aromatic N) is 1. The van der Waals surface area contributed by atoms with E-state index in [-0.39, 0.29) is 6.10 Å². The summed E-state index contributed by atoms with van der Waals surface area (Å²) in [7, 11) is 1.48. The SMILES string of the molecule is C=CC1CN(C(=O)OC(C)(C)C)C(OC)O1. The predicted molar refractivity (Wildman–Crippen MR) is 58.8 cm³/mol. The van der Waals surface area contributed by atoms with Gasteiger partial charge in [0.2, 0.25) is 6.41 Å². The maximum absolute atomic E-state index is 11.8. The summed E-state index contributed by atoms with van der Waals surface area (Å²) in [4.78, 5) is 13.2. The van der Waals surface area contributed by atoms with Gasteiger partial charge in [0, 0.05) is 7.11 Å². The molecule has 0 bridgehead atoms. The van der Waals surface area contributed by atoms with Crippen LogP contribution >= 0.6 is 0 Å². The third-order valence-corrected chi connectivity index (χ3v) is 2.01. The molecule has 0 N–H and O–H groups in total. The monoisotopic (exact) mass is 229 g/mol. The Kier molecular flexibility index (Phi) is 3.93. The number of ether oxygens (including phenoxy) is 3. The molecule has 0 aromatic heterocycles. The molecular weight excluding hydrogens is 210 g/mol. The lowest BCUT2D eigenvalue weighted by atomic mass is 10.2. The first-order valence-electron chi connectivity index (χ1n) is 5.18. The first kappa shape index (κ1) is 13.0. The summed E-state index contributed by atoms with van der Waals surface area (Å²) in [5, 5.41) is 0. The first-order chi connectivity index (χ1) is 7.37. The van der Waals surface area contributed by atoms with Crippen molar-refractivity contribution >= 4 is 6.09 Å². The molecule has 1 aliphatic rings. The summed E-state index contributed by atoms with van der Waals surface area (Å²) in [5.41, 5.74) is -0.526. The second-order valence-corrected chi connectivity index (χ2v) is 4.59. The van der Waals surface area contributed by atoms with Crippen molar-refractivity contribution in [2.75, 3.05) is 13.7 Å². The van der Waals surface area contributed by atoms with E-state index in [4.69, 9.17) is 14.2 Å². The van der Waals surface area contributed by atoms with Crippen LogP contribution in [0.15, 0.2) is 12.7 Å². The molecule has 1 amide bonds. The highest BCUT2D eigenvalue weighted by atomic mass is 16.7. The van der Waals surface area contributed by atoms with E-state index in [0.29, 0.717) is 6.54 Å². The molecule has 0 aliphatic carbocycles. The molecule has 1 aliphatic heterocycles. The van der Waals surface area contributed by atoms with Gasteiger partial charge in [-0.15, -0.1) is 6.58 Å². The van der Waals surface area contributed by atoms with Crippen molar-refractivity contribution in [2.24, 2.45) is 0 Å². The summed E-state index contributed by atoms with van der Waals surface area (Å²) >= 11 is 0. The van der Waals surface area contributed by atoms with Crippen molar-refractivity contribution in [2.45, 2.75) is 38.9 Å². The Bertz CT molecular complexity index is 272. The molecule has 1 fully saturated rings. The summed E-state index contributed by atoms with van der Waals surface area (Å²) in [6, 6.07) is 0. The van der Waals surface area contributed by atoms with E-state index in [0.717, 1.165) is 0 Å². The minimum Gasteiger partial charge on any atom is -0.444 e. The Morgan fingerprint density at radius 3 is 2.62 bits per heavy atom. The van der Waals surface area contributed by atoms with Crippen LogP contribution in [0.1, 0.15) is 20.8 Å². The third kappa shape index (κ3) is 3.21. The second-order valence-electron chi connectivity index (χ2n) is 4.59. The molecule has 1 rings (SSSR count). The van der Waals surface area contributed by atoms with E-state index in [1.54, 1.807) is 6.08 Å². The number of hydrogen-bond donors (Lipinski definition) is 0. The minimum atomic E-state index is -0.696. The van der Waals surface area contributed by atoms with E-state index in [1.807, 2.05) is 20.8 Å². The van der Waals surface area contributed by atoms with E-state index in [1.165, 1.54) is 12.0 Å². The van der Waals surface area contributed by atoms with Gasteiger partial charge in [-0.1, -0.05) is 6.08 Å². The van der Waals surface area contributed by atoms with E-state index >= 15 is 0 Å². The third-order valence-electron chi connectivity index (χ3n) is 2.01. The number of amides is 1. The van der Waals surface area contributed by atoms with Crippen molar-refractivity contribution < 1.29 is 19.0 Å². The summed E-state index contributed by atoms with van der Waals surface area (Å²) in [6.45, 7) is 9.46. The quantitative estimate of drug-likeness (QED) is 0.677. The lowest BCUT2D eigenvalue weighted by molar-refractivity contribution is -0.160. The second kappa shape index (κ2) is 4.84. The fraction of sp³-hybridized carbons (Fsp3) is 0.727. The zero-order chi connectivity index (χ0) is 12.3. The molecule has 16 heavy (non-hydrogen) atoms. The van der Waals surface area contributed by atoms with Crippen molar-refractivity contribution in [3.63, 3.8) is 0 Å². The molecule has 2 atom stereocenters. The fourth-order valence-electron chi connectivity index (χ4n) is 1.34. The number of methoxy groups -OCH3 is 1. The first-order valence-corrected chi connectivity index (χ1v) is 5.18. The zero-order valence-electron chi connectivity index (χ0n) is 10.2.